The molecule has 1 rings (SSSR count). The van der Waals surface area contributed by atoms with Crippen molar-refractivity contribution >= 4 is 35.6 Å². The van der Waals surface area contributed by atoms with Crippen LogP contribution in [0.4, 0.5) is 8.78 Å². The van der Waals surface area contributed by atoms with Crippen LogP contribution >= 0.6 is 35.6 Å². The Morgan fingerprint density at radius 3 is 2.38 bits per heavy atom. The van der Waals surface area contributed by atoms with Gasteiger partial charge in [0.1, 0.15) is 6.61 Å². The molecule has 0 aromatic heterocycles. The summed E-state index contributed by atoms with van der Waals surface area (Å²) in [4.78, 5) is 0. The molecule has 0 fully saturated rings. The standard InChI is InChI=1S/C9H9Cl2F2NO.ClH/c10-5-1-2-6(7(11)3-5)8(14)9(12,13)4-15;/h1-3,8,15H,4,14H2;1H/t8-;/m1./s1. The SMILES string of the molecule is Cl.N[C@H](c1ccc(Cl)cc1Cl)C(F)(F)CO. The molecule has 7 heteroatoms. The molecule has 92 valence electrons. The van der Waals surface area contributed by atoms with Gasteiger partial charge in [-0.25, -0.2) is 8.78 Å². The monoisotopic (exact) mass is 291 g/mol. The second-order valence-electron chi connectivity index (χ2n) is 3.06. The number of hydrogen-bond acceptors (Lipinski definition) is 2. The van der Waals surface area contributed by atoms with E-state index in [4.69, 9.17) is 34.0 Å². The van der Waals surface area contributed by atoms with Gasteiger partial charge in [0.15, 0.2) is 0 Å². The minimum absolute atomic E-state index is 0. The molecule has 0 heterocycles. The lowest BCUT2D eigenvalue weighted by Crippen LogP contribution is -2.36. The van der Waals surface area contributed by atoms with Crippen LogP contribution in [0.3, 0.4) is 0 Å². The van der Waals surface area contributed by atoms with E-state index in [-0.39, 0.29) is 23.0 Å². The van der Waals surface area contributed by atoms with Crippen molar-refractivity contribution in [1.82, 2.24) is 0 Å². The van der Waals surface area contributed by atoms with Crippen LogP contribution in [0.25, 0.3) is 0 Å². The molecule has 0 amide bonds. The molecule has 0 saturated heterocycles. The van der Waals surface area contributed by atoms with E-state index in [9.17, 15) is 8.78 Å². The van der Waals surface area contributed by atoms with Gasteiger partial charge in [-0.2, -0.15) is 0 Å². The van der Waals surface area contributed by atoms with Crippen molar-refractivity contribution in [3.8, 4) is 0 Å². The van der Waals surface area contributed by atoms with E-state index < -0.39 is 18.6 Å². The van der Waals surface area contributed by atoms with Crippen LogP contribution in [0.5, 0.6) is 0 Å². The Bertz CT molecular complexity index is 363. The van der Waals surface area contributed by atoms with Crippen molar-refractivity contribution < 1.29 is 13.9 Å². The van der Waals surface area contributed by atoms with Crippen LogP contribution in [0.15, 0.2) is 18.2 Å². The molecule has 1 aromatic carbocycles. The zero-order valence-electron chi connectivity index (χ0n) is 7.96. The molecule has 0 saturated carbocycles. The second kappa shape index (κ2) is 5.98. The fraction of sp³-hybridized carbons (Fsp3) is 0.333. The highest BCUT2D eigenvalue weighted by molar-refractivity contribution is 6.35. The Balaban J connectivity index is 0.00000225. The van der Waals surface area contributed by atoms with E-state index in [1.54, 1.807) is 0 Å². The maximum atomic E-state index is 13.0. The van der Waals surface area contributed by atoms with Crippen molar-refractivity contribution in [2.45, 2.75) is 12.0 Å². The molecule has 0 bridgehead atoms. The van der Waals surface area contributed by atoms with Crippen molar-refractivity contribution in [3.63, 3.8) is 0 Å². The van der Waals surface area contributed by atoms with Crippen molar-refractivity contribution in [3.05, 3.63) is 33.8 Å². The Morgan fingerprint density at radius 1 is 1.38 bits per heavy atom. The third kappa shape index (κ3) is 3.43. The van der Waals surface area contributed by atoms with Crippen molar-refractivity contribution in [2.24, 2.45) is 5.73 Å². The number of halogens is 5. The van der Waals surface area contributed by atoms with Crippen LogP contribution < -0.4 is 5.73 Å². The first-order valence-corrected chi connectivity index (χ1v) is 4.83. The minimum Gasteiger partial charge on any atom is -0.390 e. The number of hydrogen-bond donors (Lipinski definition) is 2. The van der Waals surface area contributed by atoms with E-state index in [0.717, 1.165) is 0 Å². The first-order valence-electron chi connectivity index (χ1n) is 4.07. The van der Waals surface area contributed by atoms with Gasteiger partial charge < -0.3 is 10.8 Å². The molecule has 0 aliphatic heterocycles. The Labute approximate surface area is 108 Å². The quantitative estimate of drug-likeness (QED) is 0.899. The summed E-state index contributed by atoms with van der Waals surface area (Å²) < 4.78 is 26.1. The van der Waals surface area contributed by atoms with E-state index in [2.05, 4.69) is 0 Å². The fourth-order valence-corrected chi connectivity index (χ4v) is 1.61. The highest BCUT2D eigenvalue weighted by atomic mass is 35.5. The van der Waals surface area contributed by atoms with Crippen LogP contribution in [0.1, 0.15) is 11.6 Å². The molecule has 2 nitrogen and oxygen atoms in total. The molecule has 0 spiro atoms. The van der Waals surface area contributed by atoms with Crippen molar-refractivity contribution in [1.29, 1.82) is 0 Å². The Hall–Kier alpha value is -0.130. The summed E-state index contributed by atoms with van der Waals surface area (Å²) in [6, 6.07) is 2.41. The lowest BCUT2D eigenvalue weighted by molar-refractivity contribution is -0.0711. The maximum absolute atomic E-state index is 13.0. The smallest absolute Gasteiger partial charge is 0.289 e. The lowest BCUT2D eigenvalue weighted by atomic mass is 10.0. The summed E-state index contributed by atoms with van der Waals surface area (Å²) in [5, 5.41) is 8.87. The summed E-state index contributed by atoms with van der Waals surface area (Å²) >= 11 is 11.3. The van der Waals surface area contributed by atoms with Gasteiger partial charge in [-0.1, -0.05) is 29.3 Å². The van der Waals surface area contributed by atoms with Gasteiger partial charge in [0.2, 0.25) is 0 Å². The predicted octanol–water partition coefficient (Wildman–Crippen LogP) is 3.04. The summed E-state index contributed by atoms with van der Waals surface area (Å²) in [5.41, 5.74) is 5.35. The molecule has 0 radical (unpaired) electrons. The highest BCUT2D eigenvalue weighted by Crippen LogP contribution is 2.33. The molecular weight excluding hydrogens is 282 g/mol. The molecule has 0 unspecified atom stereocenters. The minimum atomic E-state index is -3.41. The first-order chi connectivity index (χ1) is 6.88. The van der Waals surface area contributed by atoms with Crippen LogP contribution in [0, 0.1) is 0 Å². The summed E-state index contributed by atoms with van der Waals surface area (Å²) in [5.74, 6) is -3.41. The average Bonchev–Trinajstić information content (AvgIpc) is 2.17. The number of rotatable bonds is 3. The molecule has 16 heavy (non-hydrogen) atoms. The number of nitrogens with two attached hydrogens (primary N) is 1. The van der Waals surface area contributed by atoms with E-state index in [1.165, 1.54) is 18.2 Å². The summed E-state index contributed by atoms with van der Waals surface area (Å²) in [6.07, 6.45) is 0. The zero-order valence-corrected chi connectivity index (χ0v) is 10.3. The van der Waals surface area contributed by atoms with Crippen molar-refractivity contribution in [2.75, 3.05) is 6.61 Å². The molecule has 0 aliphatic carbocycles. The van der Waals surface area contributed by atoms with Gasteiger partial charge in [0, 0.05) is 10.0 Å². The number of aliphatic hydroxyl groups is 1. The van der Waals surface area contributed by atoms with E-state index in [1.807, 2.05) is 0 Å². The Kier molecular flexibility index (Phi) is 5.93. The summed E-state index contributed by atoms with van der Waals surface area (Å²) in [7, 11) is 0. The second-order valence-corrected chi connectivity index (χ2v) is 3.91. The highest BCUT2D eigenvalue weighted by Gasteiger charge is 2.38. The predicted molar refractivity (Wildman–Crippen MR) is 62.7 cm³/mol. The lowest BCUT2D eigenvalue weighted by Gasteiger charge is -2.22. The van der Waals surface area contributed by atoms with Gasteiger partial charge in [-0.15, -0.1) is 12.4 Å². The fourth-order valence-electron chi connectivity index (χ4n) is 1.08. The molecule has 0 aliphatic rings. The molecule has 1 aromatic rings. The number of alkyl halides is 2. The summed E-state index contributed by atoms with van der Waals surface area (Å²) in [6.45, 7) is -1.33. The third-order valence-corrected chi connectivity index (χ3v) is 2.53. The zero-order chi connectivity index (χ0) is 11.6. The third-order valence-electron chi connectivity index (χ3n) is 1.96. The topological polar surface area (TPSA) is 46.2 Å². The van der Waals surface area contributed by atoms with Gasteiger partial charge in [-0.05, 0) is 17.7 Å². The van der Waals surface area contributed by atoms with Gasteiger partial charge >= 0.3 is 0 Å². The van der Waals surface area contributed by atoms with Gasteiger partial charge in [-0.3, -0.25) is 0 Å². The number of benzene rings is 1. The largest absolute Gasteiger partial charge is 0.390 e. The molecule has 1 atom stereocenters. The molecular formula is C9H10Cl3F2NO. The normalized spacial score (nSPS) is 13.1. The van der Waals surface area contributed by atoms with Crippen LogP contribution in [0.2, 0.25) is 10.0 Å². The first kappa shape index (κ1) is 15.9. The van der Waals surface area contributed by atoms with Crippen LogP contribution in [-0.2, 0) is 0 Å². The van der Waals surface area contributed by atoms with E-state index >= 15 is 0 Å². The maximum Gasteiger partial charge on any atom is 0.289 e. The molecule has 3 N–H and O–H groups in total. The van der Waals surface area contributed by atoms with Crippen LogP contribution in [-0.4, -0.2) is 17.6 Å². The van der Waals surface area contributed by atoms with Gasteiger partial charge in [0.05, 0.1) is 6.04 Å². The van der Waals surface area contributed by atoms with Gasteiger partial charge in [0.25, 0.3) is 5.92 Å². The van der Waals surface area contributed by atoms with E-state index in [0.29, 0.717) is 5.02 Å². The average molecular weight is 293 g/mol. The Morgan fingerprint density at radius 2 is 1.94 bits per heavy atom. The number of aliphatic hydroxyl groups excluding tert-OH is 1.